The highest BCUT2D eigenvalue weighted by atomic mass is 127. The molecule has 1 aromatic rings. The maximum Gasteiger partial charge on any atom is 0.228 e. The van der Waals surface area contributed by atoms with Gasteiger partial charge in [-0.05, 0) is 46.7 Å². The lowest BCUT2D eigenvalue weighted by Gasteiger charge is -2.40. The summed E-state index contributed by atoms with van der Waals surface area (Å²) in [5.74, 6) is 2.58. The van der Waals surface area contributed by atoms with Crippen LogP contribution in [0.5, 0.6) is 0 Å². The second-order valence-electron chi connectivity index (χ2n) is 7.93. The molecule has 0 atom stereocenters. The van der Waals surface area contributed by atoms with Crippen molar-refractivity contribution in [3.05, 3.63) is 11.7 Å². The first-order valence-corrected chi connectivity index (χ1v) is 10.0. The number of piperidine rings is 1. The van der Waals surface area contributed by atoms with Crippen LogP contribution < -0.4 is 10.6 Å². The molecule has 0 unspecified atom stereocenters. The minimum atomic E-state index is 0. The molecule has 0 bridgehead atoms. The van der Waals surface area contributed by atoms with Crippen LogP contribution in [0, 0.1) is 0 Å². The summed E-state index contributed by atoms with van der Waals surface area (Å²) in [5.41, 5.74) is 0.0847. The Morgan fingerprint density at radius 2 is 1.93 bits per heavy atom. The lowest BCUT2D eigenvalue weighted by atomic mass is 9.99. The van der Waals surface area contributed by atoms with Gasteiger partial charge in [0, 0.05) is 31.0 Å². The predicted molar refractivity (Wildman–Crippen MR) is 121 cm³/mol. The van der Waals surface area contributed by atoms with E-state index in [-0.39, 0.29) is 35.4 Å². The van der Waals surface area contributed by atoms with Crippen molar-refractivity contribution in [2.75, 3.05) is 32.7 Å². The Balaban J connectivity index is 0.00000364. The fourth-order valence-corrected chi connectivity index (χ4v) is 3.11. The average molecular weight is 492 g/mol. The number of hydrogen-bond donors (Lipinski definition) is 2. The fraction of sp³-hybridized carbons (Fsp3) is 0.842. The van der Waals surface area contributed by atoms with Gasteiger partial charge >= 0.3 is 0 Å². The van der Waals surface area contributed by atoms with Gasteiger partial charge in [0.15, 0.2) is 11.8 Å². The molecule has 7 nitrogen and oxygen atoms in total. The van der Waals surface area contributed by atoms with Crippen molar-refractivity contribution in [1.82, 2.24) is 25.7 Å². The van der Waals surface area contributed by atoms with E-state index in [1.807, 2.05) is 0 Å². The molecule has 2 rings (SSSR count). The number of likely N-dealkylation sites (tertiary alicyclic amines) is 1. The molecule has 0 aromatic carbocycles. The van der Waals surface area contributed by atoms with Gasteiger partial charge in [-0.25, -0.2) is 0 Å². The number of aliphatic imine (C=N–C) groups is 1. The van der Waals surface area contributed by atoms with Gasteiger partial charge in [0.05, 0.1) is 6.54 Å². The van der Waals surface area contributed by atoms with Gasteiger partial charge in [-0.15, -0.1) is 24.0 Å². The van der Waals surface area contributed by atoms with Gasteiger partial charge in [0.25, 0.3) is 0 Å². The van der Waals surface area contributed by atoms with Crippen molar-refractivity contribution in [3.63, 3.8) is 0 Å². The van der Waals surface area contributed by atoms with E-state index in [0.29, 0.717) is 12.3 Å². The third kappa shape index (κ3) is 7.93. The van der Waals surface area contributed by atoms with Crippen LogP contribution in [0.25, 0.3) is 0 Å². The summed E-state index contributed by atoms with van der Waals surface area (Å²) >= 11 is 0. The molecule has 0 spiro atoms. The van der Waals surface area contributed by atoms with Gasteiger partial charge in [0.2, 0.25) is 5.89 Å². The van der Waals surface area contributed by atoms with Crippen LogP contribution in [0.15, 0.2) is 9.52 Å². The van der Waals surface area contributed by atoms with Crippen LogP contribution in [0.2, 0.25) is 0 Å². The number of nitrogens with zero attached hydrogens (tertiary/aromatic N) is 4. The van der Waals surface area contributed by atoms with Crippen LogP contribution >= 0.6 is 24.0 Å². The Labute approximate surface area is 181 Å². The summed E-state index contributed by atoms with van der Waals surface area (Å²) < 4.78 is 5.29. The molecule has 0 saturated carbocycles. The SMILES string of the molecule is CCNC(=NCC(C)(C)N1CCCCC1)NCCc1nc(C(C)C)no1.I. The molecular formula is C19H37IN6O. The zero-order valence-electron chi connectivity index (χ0n) is 17.5. The molecule has 2 heterocycles. The maximum absolute atomic E-state index is 5.29. The van der Waals surface area contributed by atoms with Gasteiger partial charge in [-0.1, -0.05) is 25.4 Å². The second kappa shape index (κ2) is 11.8. The topological polar surface area (TPSA) is 78.6 Å². The molecule has 0 amide bonds. The lowest BCUT2D eigenvalue weighted by molar-refractivity contribution is 0.102. The summed E-state index contributed by atoms with van der Waals surface area (Å²) in [7, 11) is 0. The Morgan fingerprint density at radius 1 is 1.22 bits per heavy atom. The van der Waals surface area contributed by atoms with Crippen LogP contribution in [-0.4, -0.2) is 59.3 Å². The molecule has 1 saturated heterocycles. The summed E-state index contributed by atoms with van der Waals surface area (Å²) in [6.45, 7) is 15.5. The van der Waals surface area contributed by atoms with E-state index in [2.05, 4.69) is 60.3 Å². The highest BCUT2D eigenvalue weighted by molar-refractivity contribution is 14.0. The first kappa shape index (κ1) is 24.1. The average Bonchev–Trinajstić information content (AvgIpc) is 3.10. The highest BCUT2D eigenvalue weighted by Gasteiger charge is 2.27. The zero-order valence-corrected chi connectivity index (χ0v) is 19.9. The van der Waals surface area contributed by atoms with E-state index in [1.165, 1.54) is 32.4 Å². The number of halogens is 1. The van der Waals surface area contributed by atoms with Crippen molar-refractivity contribution in [1.29, 1.82) is 0 Å². The van der Waals surface area contributed by atoms with Crippen molar-refractivity contribution in [2.45, 2.75) is 71.8 Å². The molecule has 1 aliphatic heterocycles. The van der Waals surface area contributed by atoms with E-state index >= 15 is 0 Å². The minimum Gasteiger partial charge on any atom is -0.357 e. The Bertz CT molecular complexity index is 566. The first-order chi connectivity index (χ1) is 12.4. The van der Waals surface area contributed by atoms with Crippen LogP contribution in [0.3, 0.4) is 0 Å². The third-order valence-corrected chi connectivity index (χ3v) is 4.81. The smallest absolute Gasteiger partial charge is 0.228 e. The number of guanidine groups is 1. The largest absolute Gasteiger partial charge is 0.357 e. The third-order valence-electron chi connectivity index (χ3n) is 4.81. The highest BCUT2D eigenvalue weighted by Crippen LogP contribution is 2.20. The number of nitrogens with one attached hydrogen (secondary N) is 2. The Hall–Kier alpha value is -0.900. The molecule has 1 fully saturated rings. The van der Waals surface area contributed by atoms with Crippen molar-refractivity contribution in [2.24, 2.45) is 4.99 Å². The number of rotatable bonds is 8. The molecular weight excluding hydrogens is 455 g/mol. The summed E-state index contributed by atoms with van der Waals surface area (Å²) in [6.07, 6.45) is 4.65. The van der Waals surface area contributed by atoms with Crippen molar-refractivity contribution >= 4 is 29.9 Å². The summed E-state index contributed by atoms with van der Waals surface area (Å²) in [5, 5.41) is 10.7. The molecule has 156 valence electrons. The molecule has 8 heteroatoms. The molecule has 2 N–H and O–H groups in total. The normalized spacial score (nSPS) is 16.3. The quantitative estimate of drug-likeness (QED) is 0.330. The first-order valence-electron chi connectivity index (χ1n) is 10.0. The monoisotopic (exact) mass is 492 g/mol. The van der Waals surface area contributed by atoms with Crippen LogP contribution in [0.1, 0.15) is 71.5 Å². The van der Waals surface area contributed by atoms with Crippen LogP contribution in [0.4, 0.5) is 0 Å². The molecule has 0 aliphatic carbocycles. The van der Waals surface area contributed by atoms with E-state index in [9.17, 15) is 0 Å². The van der Waals surface area contributed by atoms with E-state index in [4.69, 9.17) is 9.52 Å². The Morgan fingerprint density at radius 3 is 2.52 bits per heavy atom. The summed E-state index contributed by atoms with van der Waals surface area (Å²) in [6, 6.07) is 0. The van der Waals surface area contributed by atoms with Crippen molar-refractivity contribution in [3.8, 4) is 0 Å². The van der Waals surface area contributed by atoms with E-state index < -0.39 is 0 Å². The van der Waals surface area contributed by atoms with Crippen LogP contribution in [-0.2, 0) is 6.42 Å². The fourth-order valence-electron chi connectivity index (χ4n) is 3.11. The van der Waals surface area contributed by atoms with Gasteiger partial charge in [-0.3, -0.25) is 9.89 Å². The Kier molecular flexibility index (Phi) is 10.6. The van der Waals surface area contributed by atoms with E-state index in [1.54, 1.807) is 0 Å². The molecule has 1 aromatic heterocycles. The maximum atomic E-state index is 5.29. The molecule has 27 heavy (non-hydrogen) atoms. The van der Waals surface area contributed by atoms with Gasteiger partial charge in [0.1, 0.15) is 0 Å². The summed E-state index contributed by atoms with van der Waals surface area (Å²) in [4.78, 5) is 11.8. The van der Waals surface area contributed by atoms with E-state index in [0.717, 1.165) is 31.4 Å². The minimum absolute atomic E-state index is 0. The van der Waals surface area contributed by atoms with Gasteiger partial charge in [-0.2, -0.15) is 4.98 Å². The molecule has 0 radical (unpaired) electrons. The van der Waals surface area contributed by atoms with Gasteiger partial charge < -0.3 is 15.2 Å². The standard InChI is InChI=1S/C19H36N6O.HI/c1-6-20-18(21-11-10-16-23-17(15(2)3)24-26-16)22-14-19(4,5)25-12-8-7-9-13-25;/h15H,6-14H2,1-5H3,(H2,20,21,22);1H. The predicted octanol–water partition coefficient (Wildman–Crippen LogP) is 3.17. The van der Waals surface area contributed by atoms with Crippen molar-refractivity contribution < 1.29 is 4.52 Å². The molecule has 1 aliphatic rings. The zero-order chi connectivity index (χ0) is 19.0. The lowest BCUT2D eigenvalue weighted by Crippen LogP contribution is -2.49. The second-order valence-corrected chi connectivity index (χ2v) is 7.93. The number of hydrogen-bond acceptors (Lipinski definition) is 5. The number of aromatic nitrogens is 2.